The summed E-state index contributed by atoms with van der Waals surface area (Å²) in [6.07, 6.45) is 1.39. The van der Waals surface area contributed by atoms with E-state index in [0.29, 0.717) is 28.5 Å². The average molecular weight is 495 g/mol. The van der Waals surface area contributed by atoms with Gasteiger partial charge < -0.3 is 24.4 Å². The number of rotatable bonds is 8. The lowest BCUT2D eigenvalue weighted by atomic mass is 9.86. The number of benzene rings is 2. The molecule has 0 fully saturated rings. The van der Waals surface area contributed by atoms with Gasteiger partial charge in [0.25, 0.3) is 5.91 Å². The number of hydrogen-bond donors (Lipinski definition) is 2. The van der Waals surface area contributed by atoms with Crippen molar-refractivity contribution in [2.45, 2.75) is 33.1 Å². The fourth-order valence-corrected chi connectivity index (χ4v) is 3.27. The van der Waals surface area contributed by atoms with Crippen molar-refractivity contribution < 1.29 is 28.6 Å². The molecule has 0 radical (unpaired) electrons. The van der Waals surface area contributed by atoms with Crippen LogP contribution in [0.1, 0.15) is 52.9 Å². The molecular formula is C26H30N4O6. The lowest BCUT2D eigenvalue weighted by Crippen LogP contribution is -2.18. The molecule has 0 bridgehead atoms. The fourth-order valence-electron chi connectivity index (χ4n) is 3.27. The molecule has 1 amide bonds. The smallest absolute Gasteiger partial charge is 0.376 e. The topological polar surface area (TPSA) is 121 Å². The van der Waals surface area contributed by atoms with Crippen LogP contribution in [0.3, 0.4) is 0 Å². The quantitative estimate of drug-likeness (QED) is 0.346. The molecule has 1 heterocycles. The van der Waals surface area contributed by atoms with Crippen LogP contribution < -0.4 is 25.1 Å². The summed E-state index contributed by atoms with van der Waals surface area (Å²) in [5, 5.41) is 2.92. The Morgan fingerprint density at radius 3 is 2.39 bits per heavy atom. The molecule has 0 aliphatic rings. The number of amides is 1. The van der Waals surface area contributed by atoms with Gasteiger partial charge in [0.05, 0.1) is 19.9 Å². The summed E-state index contributed by atoms with van der Waals surface area (Å²) in [6.45, 7) is 8.01. The van der Waals surface area contributed by atoms with E-state index >= 15 is 0 Å². The van der Waals surface area contributed by atoms with Gasteiger partial charge in [0.2, 0.25) is 11.7 Å². The summed E-state index contributed by atoms with van der Waals surface area (Å²) < 4.78 is 16.0. The van der Waals surface area contributed by atoms with Crippen molar-refractivity contribution in [3.63, 3.8) is 0 Å². The van der Waals surface area contributed by atoms with Crippen LogP contribution in [0.2, 0.25) is 0 Å². The Kier molecular flexibility index (Phi) is 8.11. The third-order valence-corrected chi connectivity index (χ3v) is 5.25. The Balaban J connectivity index is 1.93. The number of anilines is 1. The molecule has 2 N–H and O–H groups in total. The molecule has 1 aromatic heterocycles. The average Bonchev–Trinajstić information content (AvgIpc) is 2.84. The monoisotopic (exact) mass is 494 g/mol. The highest BCUT2D eigenvalue weighted by molar-refractivity contribution is 6.05. The SMILES string of the molecule is CNOc1cc(C(C)(C)C)cc(NC(=O)c2ccc(C)c(Oc3ccnc(C(=O)OC)n3)c2)c1OC. The van der Waals surface area contributed by atoms with Gasteiger partial charge in [-0.2, -0.15) is 10.5 Å². The summed E-state index contributed by atoms with van der Waals surface area (Å²) in [6, 6.07) is 10.3. The Hall–Kier alpha value is -4.18. The van der Waals surface area contributed by atoms with E-state index in [2.05, 4.69) is 46.3 Å². The van der Waals surface area contributed by atoms with Crippen LogP contribution in [0.5, 0.6) is 23.1 Å². The number of hydroxylamine groups is 1. The van der Waals surface area contributed by atoms with Crippen LogP contribution in [0.4, 0.5) is 5.69 Å². The van der Waals surface area contributed by atoms with Crippen molar-refractivity contribution >= 4 is 17.6 Å². The van der Waals surface area contributed by atoms with Crippen molar-refractivity contribution in [1.29, 1.82) is 0 Å². The number of hydrogen-bond acceptors (Lipinski definition) is 9. The van der Waals surface area contributed by atoms with Crippen molar-refractivity contribution in [2.24, 2.45) is 0 Å². The number of carbonyl (C=O) groups is 2. The molecular weight excluding hydrogens is 464 g/mol. The molecule has 36 heavy (non-hydrogen) atoms. The molecule has 0 spiro atoms. The van der Waals surface area contributed by atoms with Crippen molar-refractivity contribution in [1.82, 2.24) is 15.4 Å². The standard InChI is InChI=1S/C26H30N4O6/c1-15-8-9-16(12-19(15)35-21-10-11-28-23(30-21)25(32)34-7)24(31)29-18-13-17(26(2,3)4)14-20(36-27-5)22(18)33-6/h8-14,27H,1-7H3,(H,29,31). The van der Waals surface area contributed by atoms with E-state index in [1.165, 1.54) is 26.5 Å². The molecule has 0 saturated carbocycles. The summed E-state index contributed by atoms with van der Waals surface area (Å²) in [7, 11) is 4.39. The minimum atomic E-state index is -0.682. The first-order valence-corrected chi connectivity index (χ1v) is 11.1. The number of aryl methyl sites for hydroxylation is 1. The van der Waals surface area contributed by atoms with Gasteiger partial charge >= 0.3 is 5.97 Å². The predicted molar refractivity (Wildman–Crippen MR) is 134 cm³/mol. The fraction of sp³-hybridized carbons (Fsp3) is 0.308. The minimum absolute atomic E-state index is 0.132. The van der Waals surface area contributed by atoms with E-state index in [9.17, 15) is 9.59 Å². The first kappa shape index (κ1) is 26.4. The summed E-state index contributed by atoms with van der Waals surface area (Å²) >= 11 is 0. The molecule has 3 aromatic rings. The van der Waals surface area contributed by atoms with E-state index in [-0.39, 0.29) is 23.0 Å². The molecule has 10 heteroatoms. The minimum Gasteiger partial charge on any atom is -0.491 e. The maximum Gasteiger partial charge on any atom is 0.376 e. The Bertz CT molecular complexity index is 1270. The summed E-state index contributed by atoms with van der Waals surface area (Å²) in [5.74, 6) is 0.167. The molecule has 10 nitrogen and oxygen atoms in total. The summed E-state index contributed by atoms with van der Waals surface area (Å²) in [5.41, 5.74) is 4.96. The largest absolute Gasteiger partial charge is 0.491 e. The number of esters is 1. The van der Waals surface area contributed by atoms with Crippen molar-refractivity contribution in [3.05, 3.63) is 65.1 Å². The second kappa shape index (κ2) is 11.0. The number of nitrogens with zero attached hydrogens (tertiary/aromatic N) is 2. The van der Waals surface area contributed by atoms with Crippen LogP contribution in [-0.4, -0.2) is 43.1 Å². The second-order valence-electron chi connectivity index (χ2n) is 8.86. The van der Waals surface area contributed by atoms with Gasteiger partial charge in [-0.05, 0) is 47.7 Å². The highest BCUT2D eigenvalue weighted by atomic mass is 16.7. The Labute approximate surface area is 209 Å². The van der Waals surface area contributed by atoms with Crippen LogP contribution in [-0.2, 0) is 10.2 Å². The summed E-state index contributed by atoms with van der Waals surface area (Å²) in [4.78, 5) is 38.4. The molecule has 0 aliphatic carbocycles. The third kappa shape index (κ3) is 6.08. The van der Waals surface area contributed by atoms with Gasteiger partial charge in [0.15, 0.2) is 11.5 Å². The van der Waals surface area contributed by atoms with Gasteiger partial charge in [0, 0.05) is 24.9 Å². The highest BCUT2D eigenvalue weighted by Crippen LogP contribution is 2.40. The zero-order chi connectivity index (χ0) is 26.5. The molecule has 0 aliphatic heterocycles. The number of carbonyl (C=O) groups excluding carboxylic acids is 2. The first-order valence-electron chi connectivity index (χ1n) is 11.1. The van der Waals surface area contributed by atoms with Gasteiger partial charge in [-0.25, -0.2) is 9.78 Å². The van der Waals surface area contributed by atoms with E-state index in [1.54, 1.807) is 25.2 Å². The molecule has 0 unspecified atom stereocenters. The maximum atomic E-state index is 13.2. The van der Waals surface area contributed by atoms with Crippen molar-refractivity contribution in [2.75, 3.05) is 26.6 Å². The molecule has 0 atom stereocenters. The number of ether oxygens (including phenoxy) is 3. The van der Waals surface area contributed by atoms with E-state index in [0.717, 1.165) is 11.1 Å². The normalized spacial score (nSPS) is 11.0. The Morgan fingerprint density at radius 2 is 1.75 bits per heavy atom. The van der Waals surface area contributed by atoms with Crippen LogP contribution in [0.25, 0.3) is 0 Å². The van der Waals surface area contributed by atoms with Crippen LogP contribution >= 0.6 is 0 Å². The zero-order valence-corrected chi connectivity index (χ0v) is 21.4. The van der Waals surface area contributed by atoms with E-state index < -0.39 is 5.97 Å². The molecule has 190 valence electrons. The molecule has 2 aromatic carbocycles. The molecule has 0 saturated heterocycles. The third-order valence-electron chi connectivity index (χ3n) is 5.25. The van der Waals surface area contributed by atoms with E-state index in [4.69, 9.17) is 14.3 Å². The zero-order valence-electron chi connectivity index (χ0n) is 21.4. The van der Waals surface area contributed by atoms with Gasteiger partial charge in [-0.15, -0.1) is 0 Å². The number of nitrogens with one attached hydrogen (secondary N) is 2. The highest BCUT2D eigenvalue weighted by Gasteiger charge is 2.22. The van der Waals surface area contributed by atoms with Gasteiger partial charge in [-0.3, -0.25) is 4.79 Å². The molecule has 3 rings (SSSR count). The Morgan fingerprint density at radius 1 is 1.00 bits per heavy atom. The predicted octanol–water partition coefficient (Wildman–Crippen LogP) is 4.44. The van der Waals surface area contributed by atoms with Crippen LogP contribution in [0, 0.1) is 6.92 Å². The number of aromatic nitrogens is 2. The van der Waals surface area contributed by atoms with E-state index in [1.807, 2.05) is 19.1 Å². The lowest BCUT2D eigenvalue weighted by molar-refractivity contribution is 0.0585. The first-order chi connectivity index (χ1) is 17.1. The maximum absolute atomic E-state index is 13.2. The second-order valence-corrected chi connectivity index (χ2v) is 8.86. The van der Waals surface area contributed by atoms with Crippen molar-refractivity contribution in [3.8, 4) is 23.1 Å². The van der Waals surface area contributed by atoms with Gasteiger partial charge in [-0.1, -0.05) is 26.8 Å². The van der Waals surface area contributed by atoms with Gasteiger partial charge in [0.1, 0.15) is 5.75 Å². The lowest BCUT2D eigenvalue weighted by Gasteiger charge is -2.23. The van der Waals surface area contributed by atoms with Crippen LogP contribution in [0.15, 0.2) is 42.6 Å². The number of methoxy groups -OCH3 is 2.